The van der Waals surface area contributed by atoms with Crippen LogP contribution in [-0.4, -0.2) is 70.2 Å². The molecule has 0 aromatic heterocycles. The van der Waals surface area contributed by atoms with E-state index in [-0.39, 0.29) is 24.8 Å². The molecule has 1 aromatic rings. The maximum absolute atomic E-state index is 13.7. The highest BCUT2D eigenvalue weighted by Crippen LogP contribution is 2.65. The predicted octanol–water partition coefficient (Wildman–Crippen LogP) is 3.83. The Morgan fingerprint density at radius 2 is 1.51 bits per heavy atom. The van der Waals surface area contributed by atoms with Crippen LogP contribution in [-0.2, 0) is 33.3 Å². The fourth-order valence-electron chi connectivity index (χ4n) is 7.62. The number of rotatable bonds is 6. The first kappa shape index (κ1) is 32.4. The smallest absolute Gasteiger partial charge is 0.338 e. The Hall–Kier alpha value is -3.50. The lowest BCUT2D eigenvalue weighted by molar-refractivity contribution is -0.188. The molecule has 4 rings (SSSR count). The lowest BCUT2D eigenvalue weighted by atomic mass is 9.56. The SMILES string of the molecule is C=C1[C@H](O)C[C@H](OC(C)=O)[C@]2(C)[C@@H]1C[C@]1(C(C)(C)O)C[C@H](OC(C)=O)C(C)=C1[C@@H](OC(C)=O)[C@@H]2OC(=O)c1ccccc1. The van der Waals surface area contributed by atoms with Crippen LogP contribution in [0.15, 0.2) is 53.6 Å². The number of fused-ring (bicyclic) bond motifs is 2. The molecule has 2 fully saturated rings. The molecule has 0 unspecified atom stereocenters. The molecule has 2 N–H and O–H groups in total. The Kier molecular flexibility index (Phi) is 8.70. The number of hydrogen-bond donors (Lipinski definition) is 2. The first-order chi connectivity index (χ1) is 19.9. The second kappa shape index (κ2) is 11.5. The van der Waals surface area contributed by atoms with E-state index in [1.807, 2.05) is 0 Å². The molecule has 0 saturated heterocycles. The summed E-state index contributed by atoms with van der Waals surface area (Å²) in [6, 6.07) is 8.30. The molecule has 10 nitrogen and oxygen atoms in total. The predicted molar refractivity (Wildman–Crippen MR) is 154 cm³/mol. The molecule has 234 valence electrons. The van der Waals surface area contributed by atoms with Crippen molar-refractivity contribution in [3.8, 4) is 0 Å². The molecule has 0 bridgehead atoms. The molecular formula is C33H42O10. The molecule has 3 aliphatic carbocycles. The van der Waals surface area contributed by atoms with Crippen LogP contribution in [0.3, 0.4) is 0 Å². The van der Waals surface area contributed by atoms with E-state index in [9.17, 15) is 29.4 Å². The van der Waals surface area contributed by atoms with Gasteiger partial charge in [0.15, 0.2) is 12.2 Å². The molecule has 10 heteroatoms. The Balaban J connectivity index is 2.07. The summed E-state index contributed by atoms with van der Waals surface area (Å²) in [5, 5.41) is 23.1. The average molecular weight is 599 g/mol. The Morgan fingerprint density at radius 3 is 2.05 bits per heavy atom. The van der Waals surface area contributed by atoms with E-state index in [1.165, 1.54) is 20.8 Å². The van der Waals surface area contributed by atoms with Gasteiger partial charge in [0.25, 0.3) is 0 Å². The van der Waals surface area contributed by atoms with Gasteiger partial charge < -0.3 is 29.2 Å². The van der Waals surface area contributed by atoms with Crippen molar-refractivity contribution in [2.24, 2.45) is 16.7 Å². The number of hydrogen-bond acceptors (Lipinski definition) is 10. The van der Waals surface area contributed by atoms with Crippen molar-refractivity contribution in [2.75, 3.05) is 0 Å². The second-order valence-corrected chi connectivity index (χ2v) is 12.8. The van der Waals surface area contributed by atoms with Crippen molar-refractivity contribution in [2.45, 2.75) is 104 Å². The highest BCUT2D eigenvalue weighted by Gasteiger charge is 2.69. The summed E-state index contributed by atoms with van der Waals surface area (Å²) in [7, 11) is 0. The van der Waals surface area contributed by atoms with Gasteiger partial charge in [-0.1, -0.05) is 31.7 Å². The fourth-order valence-corrected chi connectivity index (χ4v) is 7.62. The summed E-state index contributed by atoms with van der Waals surface area (Å²) in [6.45, 7) is 14.8. The monoisotopic (exact) mass is 598 g/mol. The average Bonchev–Trinajstić information content (AvgIpc) is 3.13. The van der Waals surface area contributed by atoms with E-state index in [4.69, 9.17) is 18.9 Å². The largest absolute Gasteiger partial charge is 0.462 e. The van der Waals surface area contributed by atoms with Crippen molar-refractivity contribution in [3.63, 3.8) is 0 Å². The van der Waals surface area contributed by atoms with Crippen LogP contribution < -0.4 is 0 Å². The zero-order valence-electron chi connectivity index (χ0n) is 25.8. The normalized spacial score (nSPS) is 33.9. The Bertz CT molecular complexity index is 1340. The van der Waals surface area contributed by atoms with E-state index in [2.05, 4.69) is 6.58 Å². The van der Waals surface area contributed by atoms with Crippen LogP contribution in [0.2, 0.25) is 0 Å². The highest BCUT2D eigenvalue weighted by atomic mass is 16.6. The summed E-state index contributed by atoms with van der Waals surface area (Å²) < 4.78 is 23.9. The third-order valence-corrected chi connectivity index (χ3v) is 9.76. The molecule has 2 saturated carbocycles. The van der Waals surface area contributed by atoms with Gasteiger partial charge in [0, 0.05) is 39.0 Å². The standard InChI is InChI=1S/C33H42O10/c1-17-23-15-33(31(6,7)39)16-25(40-19(3)34)18(2)27(33)28(42-21(5)36)29(43-30(38)22-12-10-9-11-13-22)32(23,8)26(14-24(17)37)41-20(4)35/h9-13,23-26,28-29,37,39H,1,14-16H2,2-8H3/t23-,24-,25+,26+,28-,29+,32+,33+/m1/s1. The third kappa shape index (κ3) is 5.62. The van der Waals surface area contributed by atoms with Gasteiger partial charge in [0.1, 0.15) is 12.2 Å². The minimum atomic E-state index is -1.49. The van der Waals surface area contributed by atoms with Gasteiger partial charge in [0.2, 0.25) is 0 Å². The number of carbonyl (C=O) groups excluding carboxylic acids is 4. The van der Waals surface area contributed by atoms with Gasteiger partial charge in [-0.25, -0.2) is 4.79 Å². The van der Waals surface area contributed by atoms with Crippen LogP contribution in [0.4, 0.5) is 0 Å². The van der Waals surface area contributed by atoms with Crippen molar-refractivity contribution < 1.29 is 48.3 Å². The first-order valence-electron chi connectivity index (χ1n) is 14.5. The summed E-state index contributed by atoms with van der Waals surface area (Å²) in [6.07, 6.45) is -5.10. The molecule has 0 amide bonds. The molecule has 0 heterocycles. The minimum absolute atomic E-state index is 0.0266. The fraction of sp³-hybridized carbons (Fsp3) is 0.576. The van der Waals surface area contributed by atoms with Gasteiger partial charge in [-0.3, -0.25) is 14.4 Å². The number of carbonyl (C=O) groups is 4. The lowest BCUT2D eigenvalue weighted by Gasteiger charge is -2.53. The number of benzene rings is 1. The number of esters is 4. The van der Waals surface area contributed by atoms with Crippen molar-refractivity contribution >= 4 is 23.9 Å². The van der Waals surface area contributed by atoms with Crippen LogP contribution in [0.25, 0.3) is 0 Å². The van der Waals surface area contributed by atoms with Gasteiger partial charge in [-0.15, -0.1) is 0 Å². The number of ether oxygens (including phenoxy) is 4. The first-order valence-corrected chi connectivity index (χ1v) is 14.5. The van der Waals surface area contributed by atoms with E-state index >= 15 is 0 Å². The van der Waals surface area contributed by atoms with E-state index in [0.29, 0.717) is 16.7 Å². The lowest BCUT2D eigenvalue weighted by Crippen LogP contribution is -2.60. The quantitative estimate of drug-likeness (QED) is 0.281. The summed E-state index contributed by atoms with van der Waals surface area (Å²) in [5.41, 5.74) is -2.29. The molecule has 1 aromatic carbocycles. The second-order valence-electron chi connectivity index (χ2n) is 12.8. The van der Waals surface area contributed by atoms with Gasteiger partial charge >= 0.3 is 23.9 Å². The zero-order valence-corrected chi connectivity index (χ0v) is 25.8. The topological polar surface area (TPSA) is 146 Å². The molecule has 43 heavy (non-hydrogen) atoms. The van der Waals surface area contributed by atoms with E-state index < -0.39 is 76.7 Å². The van der Waals surface area contributed by atoms with Crippen LogP contribution in [0, 0.1) is 16.7 Å². The molecule has 0 aliphatic heterocycles. The third-order valence-electron chi connectivity index (χ3n) is 9.76. The number of aliphatic hydroxyl groups is 2. The number of aliphatic hydroxyl groups excluding tert-OH is 1. The molecule has 0 spiro atoms. The van der Waals surface area contributed by atoms with Crippen LogP contribution >= 0.6 is 0 Å². The van der Waals surface area contributed by atoms with Gasteiger partial charge in [-0.05, 0) is 62.0 Å². The maximum atomic E-state index is 13.7. The maximum Gasteiger partial charge on any atom is 0.338 e. The molecular weight excluding hydrogens is 556 g/mol. The summed E-state index contributed by atoms with van der Waals surface area (Å²) in [4.78, 5) is 51.1. The van der Waals surface area contributed by atoms with Crippen LogP contribution in [0.5, 0.6) is 0 Å². The molecule has 0 radical (unpaired) electrons. The van der Waals surface area contributed by atoms with Crippen LogP contribution in [0.1, 0.15) is 78.1 Å². The zero-order chi connectivity index (χ0) is 32.1. The van der Waals surface area contributed by atoms with Gasteiger partial charge in [-0.2, -0.15) is 0 Å². The summed E-state index contributed by atoms with van der Waals surface area (Å²) >= 11 is 0. The Morgan fingerprint density at radius 1 is 0.930 bits per heavy atom. The van der Waals surface area contributed by atoms with E-state index in [1.54, 1.807) is 58.0 Å². The highest BCUT2D eigenvalue weighted by molar-refractivity contribution is 5.89. The van der Waals surface area contributed by atoms with E-state index in [0.717, 1.165) is 0 Å². The minimum Gasteiger partial charge on any atom is -0.462 e. The molecule has 8 atom stereocenters. The molecule has 3 aliphatic rings. The van der Waals surface area contributed by atoms with Gasteiger partial charge in [0.05, 0.1) is 22.7 Å². The van der Waals surface area contributed by atoms with Crippen molar-refractivity contribution in [1.29, 1.82) is 0 Å². The summed E-state index contributed by atoms with van der Waals surface area (Å²) in [5.74, 6) is -3.22. The van der Waals surface area contributed by atoms with Crippen molar-refractivity contribution in [3.05, 3.63) is 59.2 Å². The Labute approximate surface area is 252 Å². The van der Waals surface area contributed by atoms with Crippen molar-refractivity contribution in [1.82, 2.24) is 0 Å².